The molecule has 2 aromatic carbocycles. The summed E-state index contributed by atoms with van der Waals surface area (Å²) < 4.78 is 30.9. The predicted molar refractivity (Wildman–Crippen MR) is 72.8 cm³/mol. The molecule has 106 valence electrons. The lowest BCUT2D eigenvalue weighted by Gasteiger charge is -2.14. The third-order valence-corrected chi connectivity index (χ3v) is 2.91. The van der Waals surface area contributed by atoms with E-state index in [-0.39, 0.29) is 18.1 Å². The lowest BCUT2D eigenvalue weighted by atomic mass is 10.1. The average molecular weight is 279 g/mol. The van der Waals surface area contributed by atoms with Gasteiger partial charge < -0.3 is 15.2 Å². The SMILES string of the molecule is COc1cc(NCC(O)c2ccc(F)cc2)ccc1F. The number of ether oxygens (including phenoxy) is 1. The number of aliphatic hydroxyl groups excluding tert-OH is 1. The van der Waals surface area contributed by atoms with Gasteiger partial charge in [-0.25, -0.2) is 8.78 Å². The van der Waals surface area contributed by atoms with Gasteiger partial charge in [-0.05, 0) is 29.8 Å². The van der Waals surface area contributed by atoms with E-state index in [9.17, 15) is 13.9 Å². The minimum absolute atomic E-state index is 0.131. The fourth-order valence-electron chi connectivity index (χ4n) is 1.79. The molecule has 0 fully saturated rings. The summed E-state index contributed by atoms with van der Waals surface area (Å²) in [6, 6.07) is 9.96. The van der Waals surface area contributed by atoms with E-state index in [1.165, 1.54) is 43.5 Å². The Morgan fingerprint density at radius 2 is 1.85 bits per heavy atom. The topological polar surface area (TPSA) is 41.5 Å². The summed E-state index contributed by atoms with van der Waals surface area (Å²) in [6.45, 7) is 0.223. The first-order valence-corrected chi connectivity index (χ1v) is 6.11. The van der Waals surface area contributed by atoms with Crippen LogP contribution >= 0.6 is 0 Å². The first-order chi connectivity index (χ1) is 9.60. The predicted octanol–water partition coefficient (Wildman–Crippen LogP) is 3.12. The van der Waals surface area contributed by atoms with Gasteiger partial charge in [0.2, 0.25) is 0 Å². The van der Waals surface area contributed by atoms with E-state index in [0.717, 1.165) is 0 Å². The van der Waals surface area contributed by atoms with Crippen LogP contribution in [0, 0.1) is 11.6 Å². The highest BCUT2D eigenvalue weighted by atomic mass is 19.1. The lowest BCUT2D eigenvalue weighted by Crippen LogP contribution is -2.12. The number of methoxy groups -OCH3 is 1. The molecule has 0 aliphatic rings. The summed E-state index contributed by atoms with van der Waals surface area (Å²) >= 11 is 0. The monoisotopic (exact) mass is 279 g/mol. The Kier molecular flexibility index (Phi) is 4.53. The van der Waals surface area contributed by atoms with Crippen LogP contribution in [-0.4, -0.2) is 18.8 Å². The van der Waals surface area contributed by atoms with Crippen molar-refractivity contribution in [1.82, 2.24) is 0 Å². The molecule has 0 spiro atoms. The summed E-state index contributed by atoms with van der Waals surface area (Å²) in [6.07, 6.45) is -0.786. The lowest BCUT2D eigenvalue weighted by molar-refractivity contribution is 0.191. The van der Waals surface area contributed by atoms with E-state index in [2.05, 4.69) is 5.32 Å². The van der Waals surface area contributed by atoms with Crippen molar-refractivity contribution in [2.75, 3.05) is 19.0 Å². The molecule has 0 amide bonds. The Balaban J connectivity index is 1.99. The Morgan fingerprint density at radius 1 is 1.15 bits per heavy atom. The zero-order valence-corrected chi connectivity index (χ0v) is 10.9. The fraction of sp³-hybridized carbons (Fsp3) is 0.200. The number of aliphatic hydroxyl groups is 1. The normalized spacial score (nSPS) is 12.0. The zero-order valence-electron chi connectivity index (χ0n) is 10.9. The smallest absolute Gasteiger partial charge is 0.165 e. The largest absolute Gasteiger partial charge is 0.494 e. The summed E-state index contributed by atoms with van der Waals surface area (Å²) in [5, 5.41) is 12.9. The van der Waals surface area contributed by atoms with Crippen molar-refractivity contribution >= 4 is 5.69 Å². The van der Waals surface area contributed by atoms with Crippen LogP contribution in [-0.2, 0) is 0 Å². The van der Waals surface area contributed by atoms with Crippen molar-refractivity contribution < 1.29 is 18.6 Å². The molecule has 0 heterocycles. The van der Waals surface area contributed by atoms with Gasteiger partial charge in [-0.1, -0.05) is 12.1 Å². The third-order valence-electron chi connectivity index (χ3n) is 2.91. The molecule has 0 aliphatic heterocycles. The molecular formula is C15H15F2NO2. The quantitative estimate of drug-likeness (QED) is 0.883. The second-order valence-corrected chi connectivity index (χ2v) is 4.30. The summed E-state index contributed by atoms with van der Waals surface area (Å²) in [7, 11) is 1.38. The van der Waals surface area contributed by atoms with Crippen LogP contribution in [0.25, 0.3) is 0 Å². The number of halogens is 2. The van der Waals surface area contributed by atoms with Gasteiger partial charge in [0.15, 0.2) is 11.6 Å². The van der Waals surface area contributed by atoms with Crippen LogP contribution in [0.15, 0.2) is 42.5 Å². The second kappa shape index (κ2) is 6.34. The average Bonchev–Trinajstić information content (AvgIpc) is 2.46. The van der Waals surface area contributed by atoms with Crippen LogP contribution in [0.5, 0.6) is 5.75 Å². The molecular weight excluding hydrogens is 264 g/mol. The van der Waals surface area contributed by atoms with Gasteiger partial charge in [0, 0.05) is 18.3 Å². The Hall–Kier alpha value is -2.14. The van der Waals surface area contributed by atoms with Gasteiger partial charge in [-0.2, -0.15) is 0 Å². The molecule has 0 saturated carbocycles. The zero-order chi connectivity index (χ0) is 14.5. The molecule has 20 heavy (non-hydrogen) atoms. The van der Waals surface area contributed by atoms with Gasteiger partial charge in [-0.3, -0.25) is 0 Å². The summed E-state index contributed by atoms with van der Waals surface area (Å²) in [5.41, 5.74) is 1.23. The molecule has 1 atom stereocenters. The molecule has 5 heteroatoms. The number of benzene rings is 2. The number of hydrogen-bond donors (Lipinski definition) is 2. The van der Waals surface area contributed by atoms with E-state index in [1.807, 2.05) is 0 Å². The molecule has 0 saturated heterocycles. The van der Waals surface area contributed by atoms with Crippen LogP contribution in [0.3, 0.4) is 0 Å². The van der Waals surface area contributed by atoms with Crippen molar-refractivity contribution in [2.24, 2.45) is 0 Å². The Morgan fingerprint density at radius 3 is 2.50 bits per heavy atom. The molecule has 3 nitrogen and oxygen atoms in total. The second-order valence-electron chi connectivity index (χ2n) is 4.30. The van der Waals surface area contributed by atoms with Crippen molar-refractivity contribution in [3.8, 4) is 5.75 Å². The summed E-state index contributed by atoms with van der Waals surface area (Å²) in [4.78, 5) is 0. The van der Waals surface area contributed by atoms with Crippen LogP contribution < -0.4 is 10.1 Å². The Labute approximate surface area is 115 Å². The van der Waals surface area contributed by atoms with Gasteiger partial charge in [0.05, 0.1) is 13.2 Å². The van der Waals surface area contributed by atoms with Crippen LogP contribution in [0.4, 0.5) is 14.5 Å². The van der Waals surface area contributed by atoms with Gasteiger partial charge in [-0.15, -0.1) is 0 Å². The number of nitrogens with one attached hydrogen (secondary N) is 1. The van der Waals surface area contributed by atoms with E-state index in [1.54, 1.807) is 6.07 Å². The molecule has 0 radical (unpaired) electrons. The van der Waals surface area contributed by atoms with Gasteiger partial charge in [0.25, 0.3) is 0 Å². The molecule has 1 unspecified atom stereocenters. The van der Waals surface area contributed by atoms with Crippen LogP contribution in [0.2, 0.25) is 0 Å². The van der Waals surface area contributed by atoms with Crippen molar-refractivity contribution in [1.29, 1.82) is 0 Å². The summed E-state index contributed by atoms with van der Waals surface area (Å²) in [5.74, 6) is -0.666. The maximum absolute atomic E-state index is 13.2. The van der Waals surface area contributed by atoms with Crippen molar-refractivity contribution in [2.45, 2.75) is 6.10 Å². The van der Waals surface area contributed by atoms with E-state index in [4.69, 9.17) is 4.74 Å². The highest BCUT2D eigenvalue weighted by Crippen LogP contribution is 2.22. The van der Waals surface area contributed by atoms with Crippen LogP contribution in [0.1, 0.15) is 11.7 Å². The van der Waals surface area contributed by atoms with Crippen molar-refractivity contribution in [3.63, 3.8) is 0 Å². The molecule has 0 aliphatic carbocycles. The first kappa shape index (κ1) is 14.3. The van der Waals surface area contributed by atoms with E-state index >= 15 is 0 Å². The first-order valence-electron chi connectivity index (χ1n) is 6.11. The number of rotatable bonds is 5. The van der Waals surface area contributed by atoms with Crippen molar-refractivity contribution in [3.05, 3.63) is 59.7 Å². The highest BCUT2D eigenvalue weighted by Gasteiger charge is 2.08. The molecule has 2 rings (SSSR count). The highest BCUT2D eigenvalue weighted by molar-refractivity contribution is 5.49. The fourth-order valence-corrected chi connectivity index (χ4v) is 1.79. The minimum Gasteiger partial charge on any atom is -0.494 e. The number of hydrogen-bond acceptors (Lipinski definition) is 3. The molecule has 0 bridgehead atoms. The maximum atomic E-state index is 13.2. The molecule has 2 N–H and O–H groups in total. The Bertz CT molecular complexity index is 573. The minimum atomic E-state index is -0.786. The van der Waals surface area contributed by atoms with E-state index in [0.29, 0.717) is 11.3 Å². The third kappa shape index (κ3) is 3.45. The van der Waals surface area contributed by atoms with Gasteiger partial charge in [0.1, 0.15) is 5.82 Å². The standard InChI is InChI=1S/C15H15F2NO2/c1-20-15-8-12(6-7-13(15)17)18-9-14(19)10-2-4-11(16)5-3-10/h2-8,14,18-19H,9H2,1H3. The molecule has 2 aromatic rings. The molecule has 0 aromatic heterocycles. The van der Waals surface area contributed by atoms with E-state index < -0.39 is 11.9 Å². The number of anilines is 1. The maximum Gasteiger partial charge on any atom is 0.165 e. The van der Waals surface area contributed by atoms with Gasteiger partial charge >= 0.3 is 0 Å².